The maximum absolute atomic E-state index is 11.9. The zero-order valence-electron chi connectivity index (χ0n) is 12.3. The van der Waals surface area contributed by atoms with Crippen molar-refractivity contribution in [1.82, 2.24) is 9.55 Å². The lowest BCUT2D eigenvalue weighted by Crippen LogP contribution is -2.12. The summed E-state index contributed by atoms with van der Waals surface area (Å²) in [5.41, 5.74) is 2.93. The molecular formula is C17H17N3OS. The molecule has 112 valence electrons. The number of aromatic nitrogens is 2. The molecule has 0 unspecified atom stereocenters. The molecule has 0 spiro atoms. The van der Waals surface area contributed by atoms with Crippen molar-refractivity contribution in [2.75, 3.05) is 11.1 Å². The lowest BCUT2D eigenvalue weighted by Gasteiger charge is -2.05. The maximum Gasteiger partial charge on any atom is 0.225 e. The number of hydrogen-bond acceptors (Lipinski definition) is 3. The summed E-state index contributed by atoms with van der Waals surface area (Å²) in [6.07, 6.45) is 0.461. The first kappa shape index (κ1) is 14.7. The standard InChI is InChI=1S/C17H17N3OS/c1-20-15-10-6-5-9-14(15)19-17(20)22-12-11-16(21)18-13-7-3-2-4-8-13/h2-10H,11-12H2,1H3,(H,18,21). The van der Waals surface area contributed by atoms with Gasteiger partial charge in [-0.15, -0.1) is 0 Å². The van der Waals surface area contributed by atoms with Crippen LogP contribution in [0.1, 0.15) is 6.42 Å². The molecule has 3 rings (SSSR count). The fraction of sp³-hybridized carbons (Fsp3) is 0.176. The molecule has 1 N–H and O–H groups in total. The first-order valence-electron chi connectivity index (χ1n) is 7.13. The minimum absolute atomic E-state index is 0.0254. The van der Waals surface area contributed by atoms with E-state index in [0.29, 0.717) is 12.2 Å². The summed E-state index contributed by atoms with van der Waals surface area (Å²) < 4.78 is 2.06. The van der Waals surface area contributed by atoms with Gasteiger partial charge < -0.3 is 9.88 Å². The van der Waals surface area contributed by atoms with E-state index in [1.54, 1.807) is 11.8 Å². The molecule has 2 aromatic carbocycles. The van der Waals surface area contributed by atoms with Gasteiger partial charge in [0.15, 0.2) is 5.16 Å². The van der Waals surface area contributed by atoms with Gasteiger partial charge in [-0.05, 0) is 24.3 Å². The molecule has 0 bridgehead atoms. The summed E-state index contributed by atoms with van der Waals surface area (Å²) in [6, 6.07) is 17.6. The SMILES string of the molecule is Cn1c(SCCC(=O)Nc2ccccc2)nc2ccccc21. The molecule has 0 saturated heterocycles. The third-order valence-corrected chi connectivity index (χ3v) is 4.40. The molecule has 0 aliphatic rings. The third kappa shape index (κ3) is 3.31. The van der Waals surface area contributed by atoms with Crippen molar-refractivity contribution < 1.29 is 4.79 Å². The lowest BCUT2D eigenvalue weighted by atomic mass is 10.3. The molecule has 0 aliphatic heterocycles. The number of para-hydroxylation sites is 3. The Balaban J connectivity index is 1.56. The van der Waals surface area contributed by atoms with E-state index in [9.17, 15) is 4.79 Å². The molecule has 0 radical (unpaired) electrons. The summed E-state index contributed by atoms with van der Waals surface area (Å²) in [6.45, 7) is 0. The molecule has 1 aromatic heterocycles. The van der Waals surface area contributed by atoms with Gasteiger partial charge >= 0.3 is 0 Å². The van der Waals surface area contributed by atoms with Crippen LogP contribution in [0.25, 0.3) is 11.0 Å². The minimum Gasteiger partial charge on any atom is -0.326 e. The number of nitrogens with one attached hydrogen (secondary N) is 1. The van der Waals surface area contributed by atoms with Crippen LogP contribution in [0.15, 0.2) is 59.8 Å². The van der Waals surface area contributed by atoms with Gasteiger partial charge in [-0.25, -0.2) is 4.98 Å². The zero-order chi connectivity index (χ0) is 15.4. The molecule has 1 heterocycles. The maximum atomic E-state index is 11.9. The number of aryl methyl sites for hydroxylation is 1. The highest BCUT2D eigenvalue weighted by molar-refractivity contribution is 7.99. The summed E-state index contributed by atoms with van der Waals surface area (Å²) in [5.74, 6) is 0.730. The van der Waals surface area contributed by atoms with Gasteiger partial charge in [-0.1, -0.05) is 42.1 Å². The highest BCUT2D eigenvalue weighted by Crippen LogP contribution is 2.23. The Labute approximate surface area is 133 Å². The number of amides is 1. The average Bonchev–Trinajstić information content (AvgIpc) is 2.85. The summed E-state index contributed by atoms with van der Waals surface area (Å²) in [4.78, 5) is 16.5. The molecule has 22 heavy (non-hydrogen) atoms. The number of thioether (sulfide) groups is 1. The van der Waals surface area contributed by atoms with Crippen LogP contribution in [0.5, 0.6) is 0 Å². The second-order valence-electron chi connectivity index (χ2n) is 4.95. The van der Waals surface area contributed by atoms with E-state index in [4.69, 9.17) is 0 Å². The monoisotopic (exact) mass is 311 g/mol. The largest absolute Gasteiger partial charge is 0.326 e. The second-order valence-corrected chi connectivity index (χ2v) is 6.02. The summed E-state index contributed by atoms with van der Waals surface area (Å²) in [7, 11) is 2.00. The third-order valence-electron chi connectivity index (χ3n) is 3.36. The number of carbonyl (C=O) groups excluding carboxylic acids is 1. The van der Waals surface area contributed by atoms with Crippen LogP contribution < -0.4 is 5.32 Å². The molecule has 0 aliphatic carbocycles. The Morgan fingerprint density at radius 3 is 2.64 bits per heavy atom. The summed E-state index contributed by atoms with van der Waals surface area (Å²) >= 11 is 1.60. The van der Waals surface area contributed by atoms with E-state index in [0.717, 1.165) is 21.9 Å². The minimum atomic E-state index is 0.0254. The van der Waals surface area contributed by atoms with Crippen LogP contribution in [0.3, 0.4) is 0 Å². The van der Waals surface area contributed by atoms with Crippen molar-refractivity contribution in [2.24, 2.45) is 7.05 Å². The number of nitrogens with zero attached hydrogens (tertiary/aromatic N) is 2. The van der Waals surface area contributed by atoms with Crippen molar-refractivity contribution in [3.8, 4) is 0 Å². The Hall–Kier alpha value is -2.27. The van der Waals surface area contributed by atoms with Crippen molar-refractivity contribution in [2.45, 2.75) is 11.6 Å². The molecule has 4 nitrogen and oxygen atoms in total. The molecule has 0 saturated carbocycles. The summed E-state index contributed by atoms with van der Waals surface area (Å²) in [5, 5.41) is 3.83. The molecule has 5 heteroatoms. The average molecular weight is 311 g/mol. The van der Waals surface area contributed by atoms with Crippen molar-refractivity contribution in [3.63, 3.8) is 0 Å². The van der Waals surface area contributed by atoms with Gasteiger partial charge in [0.25, 0.3) is 0 Å². The van der Waals surface area contributed by atoms with Crippen LogP contribution in [0.4, 0.5) is 5.69 Å². The predicted molar refractivity (Wildman–Crippen MR) is 91.1 cm³/mol. The Kier molecular flexibility index (Phi) is 4.44. The van der Waals surface area contributed by atoms with E-state index in [1.807, 2.05) is 55.6 Å². The number of carbonyl (C=O) groups is 1. The first-order valence-corrected chi connectivity index (χ1v) is 8.12. The Bertz CT molecular complexity index is 783. The molecule has 3 aromatic rings. The topological polar surface area (TPSA) is 46.9 Å². The number of fused-ring (bicyclic) bond motifs is 1. The lowest BCUT2D eigenvalue weighted by molar-refractivity contribution is -0.115. The van der Waals surface area contributed by atoms with Crippen molar-refractivity contribution in [3.05, 3.63) is 54.6 Å². The van der Waals surface area contributed by atoms with Gasteiger partial charge in [0.05, 0.1) is 11.0 Å². The molecule has 0 fully saturated rings. The van der Waals surface area contributed by atoms with Crippen molar-refractivity contribution >= 4 is 34.4 Å². The fourth-order valence-corrected chi connectivity index (χ4v) is 3.16. The Morgan fingerprint density at radius 2 is 1.86 bits per heavy atom. The van der Waals surface area contributed by atoms with Gasteiger partial charge in [-0.2, -0.15) is 0 Å². The molecule has 0 atom stereocenters. The van der Waals surface area contributed by atoms with Crippen LogP contribution >= 0.6 is 11.8 Å². The van der Waals surface area contributed by atoms with Crippen LogP contribution in [0.2, 0.25) is 0 Å². The highest BCUT2D eigenvalue weighted by Gasteiger charge is 2.09. The van der Waals surface area contributed by atoms with E-state index in [2.05, 4.69) is 20.9 Å². The molecular weight excluding hydrogens is 294 g/mol. The first-order chi connectivity index (χ1) is 10.7. The number of hydrogen-bond donors (Lipinski definition) is 1. The van der Waals surface area contributed by atoms with Crippen LogP contribution in [-0.4, -0.2) is 21.2 Å². The van der Waals surface area contributed by atoms with Crippen molar-refractivity contribution in [1.29, 1.82) is 0 Å². The van der Waals surface area contributed by atoms with E-state index >= 15 is 0 Å². The number of rotatable bonds is 5. The normalized spacial score (nSPS) is 10.8. The van der Waals surface area contributed by atoms with E-state index in [1.165, 1.54) is 0 Å². The van der Waals surface area contributed by atoms with Crippen LogP contribution in [-0.2, 0) is 11.8 Å². The highest BCUT2D eigenvalue weighted by atomic mass is 32.2. The molecule has 1 amide bonds. The van der Waals surface area contributed by atoms with Crippen LogP contribution in [0, 0.1) is 0 Å². The number of imidazole rings is 1. The number of anilines is 1. The fourth-order valence-electron chi connectivity index (χ4n) is 2.23. The van der Waals surface area contributed by atoms with Gasteiger partial charge in [0.2, 0.25) is 5.91 Å². The van der Waals surface area contributed by atoms with Gasteiger partial charge in [0.1, 0.15) is 0 Å². The smallest absolute Gasteiger partial charge is 0.225 e. The number of benzene rings is 2. The van der Waals surface area contributed by atoms with Gasteiger partial charge in [-0.3, -0.25) is 4.79 Å². The van der Waals surface area contributed by atoms with E-state index < -0.39 is 0 Å². The Morgan fingerprint density at radius 1 is 1.14 bits per heavy atom. The quantitative estimate of drug-likeness (QED) is 0.731. The van der Waals surface area contributed by atoms with Gasteiger partial charge in [0, 0.05) is 24.9 Å². The second kappa shape index (κ2) is 6.66. The predicted octanol–water partition coefficient (Wildman–Crippen LogP) is 3.69. The van der Waals surface area contributed by atoms with E-state index in [-0.39, 0.29) is 5.91 Å². The zero-order valence-corrected chi connectivity index (χ0v) is 13.1.